The molecule has 1 fully saturated rings. The van der Waals surface area contributed by atoms with E-state index >= 15 is 8.78 Å². The number of hydrogen-bond acceptors (Lipinski definition) is 5. The van der Waals surface area contributed by atoms with Gasteiger partial charge in [-0.25, -0.2) is 27.0 Å². The second-order valence-corrected chi connectivity index (χ2v) is 12.5. The molecular weight excluding hydrogens is 689 g/mol. The summed E-state index contributed by atoms with van der Waals surface area (Å²) in [5.74, 6) is -1.59. The Bertz CT molecular complexity index is 1450. The van der Waals surface area contributed by atoms with Crippen LogP contribution in [0, 0.1) is 17.6 Å². The van der Waals surface area contributed by atoms with Crippen LogP contribution in [0.25, 0.3) is 11.1 Å². The van der Waals surface area contributed by atoms with Gasteiger partial charge in [0.1, 0.15) is 0 Å². The maximum atomic E-state index is 15.6. The Labute approximate surface area is 304 Å². The van der Waals surface area contributed by atoms with Crippen LogP contribution in [0.1, 0.15) is 74.6 Å². The van der Waals surface area contributed by atoms with E-state index < -0.39 is 18.1 Å². The summed E-state index contributed by atoms with van der Waals surface area (Å²) in [5, 5.41) is 2.14. The molecule has 1 aliphatic rings. The van der Waals surface area contributed by atoms with Gasteiger partial charge in [0.05, 0.1) is 6.33 Å². The minimum atomic E-state index is -2.17. The number of benzene rings is 2. The Balaban J connectivity index is 0.00000170. The average molecular weight is 740 g/mol. The number of carbonyl (C=O) groups is 2. The number of nitrogens with two attached hydrogens (primary N) is 1. The van der Waals surface area contributed by atoms with Crippen LogP contribution in [0.5, 0.6) is 0 Å². The molecule has 51 heavy (non-hydrogen) atoms. The molecule has 7 nitrogen and oxygen atoms in total. The number of nitrogens with one attached hydrogen (secondary N) is 1. The van der Waals surface area contributed by atoms with E-state index in [0.29, 0.717) is 53.0 Å². The Morgan fingerprint density at radius 2 is 1.69 bits per heavy atom. The molecule has 3 N–H and O–H groups in total. The van der Waals surface area contributed by atoms with Gasteiger partial charge in [0.15, 0.2) is 11.6 Å². The summed E-state index contributed by atoms with van der Waals surface area (Å²) in [4.78, 5) is 25.5. The molecule has 0 spiro atoms. The zero-order valence-electron chi connectivity index (χ0n) is 29.7. The van der Waals surface area contributed by atoms with Crippen molar-refractivity contribution in [2.24, 2.45) is 16.6 Å². The van der Waals surface area contributed by atoms with Gasteiger partial charge >= 0.3 is 0 Å². The lowest BCUT2D eigenvalue weighted by Crippen LogP contribution is -2.33. The number of hydrogen-bond donors (Lipinski definition) is 2. The predicted molar refractivity (Wildman–Crippen MR) is 198 cm³/mol. The van der Waals surface area contributed by atoms with E-state index in [9.17, 15) is 18.0 Å². The van der Waals surface area contributed by atoms with E-state index in [1.54, 1.807) is 36.3 Å². The fraction of sp³-hybridized carbons (Fsp3) is 0.447. The lowest BCUT2D eigenvalue weighted by molar-refractivity contribution is -0.113. The Morgan fingerprint density at radius 1 is 1.06 bits per heavy atom. The Morgan fingerprint density at radius 3 is 2.29 bits per heavy atom. The summed E-state index contributed by atoms with van der Waals surface area (Å²) in [5.41, 5.74) is 9.89. The first-order valence-corrected chi connectivity index (χ1v) is 17.3. The summed E-state index contributed by atoms with van der Waals surface area (Å²) in [6.45, 7) is 10.1. The number of piperidine rings is 1. The molecule has 0 bridgehead atoms. The largest absolute Gasteiger partial charge is 0.372 e. The van der Waals surface area contributed by atoms with Gasteiger partial charge in [-0.1, -0.05) is 49.2 Å². The molecule has 0 saturated carbocycles. The van der Waals surface area contributed by atoms with Crippen molar-refractivity contribution >= 4 is 42.3 Å². The van der Waals surface area contributed by atoms with Gasteiger partial charge in [-0.2, -0.15) is 0 Å². The van der Waals surface area contributed by atoms with Crippen molar-refractivity contribution in [1.29, 1.82) is 0 Å². The van der Waals surface area contributed by atoms with Gasteiger partial charge < -0.3 is 10.6 Å². The summed E-state index contributed by atoms with van der Waals surface area (Å²) < 4.78 is 65.0. The normalized spacial score (nSPS) is 14.4. The highest BCUT2D eigenvalue weighted by Crippen LogP contribution is 2.34. The third-order valence-electron chi connectivity index (χ3n) is 8.02. The van der Waals surface area contributed by atoms with E-state index in [1.165, 1.54) is 31.5 Å². The van der Waals surface area contributed by atoms with Gasteiger partial charge in [-0.15, -0.1) is 0 Å². The number of nitrogens with zero attached hydrogens (tertiary/aromatic N) is 3. The number of allylic oxidation sites excluding steroid dienone is 4. The number of aryl methyl sites for hydroxylation is 1. The Hall–Kier alpha value is -3.87. The van der Waals surface area contributed by atoms with Crippen LogP contribution in [-0.4, -0.2) is 69.1 Å². The predicted octanol–water partition coefficient (Wildman–Crippen LogP) is 8.57. The Kier molecular flexibility index (Phi) is 23.0. The average Bonchev–Trinajstić information content (AvgIpc) is 3.08. The molecule has 2 aromatic rings. The van der Waals surface area contributed by atoms with Crippen molar-refractivity contribution in [1.82, 2.24) is 15.3 Å². The van der Waals surface area contributed by atoms with E-state index in [0.717, 1.165) is 51.4 Å². The van der Waals surface area contributed by atoms with Crippen molar-refractivity contribution in [3.8, 4) is 0 Å². The molecule has 2 amide bonds. The summed E-state index contributed by atoms with van der Waals surface area (Å²) >= 11 is 6.35. The lowest BCUT2D eigenvalue weighted by Gasteiger charge is -2.26. The number of rotatable bonds is 17. The molecule has 1 atom stereocenters. The highest BCUT2D eigenvalue weighted by Gasteiger charge is 2.19. The molecule has 2 aromatic carbocycles. The van der Waals surface area contributed by atoms with Crippen LogP contribution in [-0.2, 0) is 22.4 Å². The standard InChI is InChI=1S/C35H44ClF3N4O.C2H4F2.CH3NO/c1-26(9-7-17-42(3)41-25-44)21-30(32-14-13-31(36)23-33(32)29(15-16-37)24-40-2)22-28-12-11-27(34(38)35(28)39)10-8-20-43-18-5-4-6-19-43;1-2(3)4;2-1-3/h11-16,21,23-26H,2,4-10,17-20,22H2,1,3H3,(H,41,44);2H,1H3;1H,(H2,2,3)/b16-15-,29-24+,30-21+;;. The molecule has 282 valence electrons. The van der Waals surface area contributed by atoms with E-state index in [-0.39, 0.29) is 24.3 Å². The first-order chi connectivity index (χ1) is 24.4. The number of amides is 2. The molecular formula is C38H51ClF5N5O2. The van der Waals surface area contributed by atoms with Crippen LogP contribution in [0.15, 0.2) is 60.0 Å². The number of halogens is 6. The first kappa shape index (κ1) is 45.2. The number of likely N-dealkylation sites (tertiary alicyclic amines) is 1. The molecule has 1 saturated heterocycles. The second kappa shape index (κ2) is 26.0. The van der Waals surface area contributed by atoms with Gasteiger partial charge in [0.2, 0.25) is 19.2 Å². The fourth-order valence-electron chi connectivity index (χ4n) is 5.72. The molecule has 1 unspecified atom stereocenters. The summed E-state index contributed by atoms with van der Waals surface area (Å²) in [7, 11) is 1.79. The number of aliphatic imine (C=N–C) groups is 1. The van der Waals surface area contributed by atoms with Crippen LogP contribution < -0.4 is 11.2 Å². The molecule has 13 heteroatoms. The van der Waals surface area contributed by atoms with Crippen molar-refractivity contribution in [3.05, 3.63) is 93.9 Å². The smallest absolute Gasteiger partial charge is 0.235 e. The van der Waals surface area contributed by atoms with Crippen molar-refractivity contribution in [2.45, 2.75) is 71.6 Å². The van der Waals surface area contributed by atoms with E-state index in [4.69, 9.17) is 16.4 Å². The second-order valence-electron chi connectivity index (χ2n) is 12.1. The molecule has 3 rings (SSSR count). The summed E-state index contributed by atoms with van der Waals surface area (Å²) in [6.07, 6.45) is 10.5. The zero-order chi connectivity index (χ0) is 38.2. The quantitative estimate of drug-likeness (QED) is 0.0560. The van der Waals surface area contributed by atoms with Crippen molar-refractivity contribution in [2.75, 3.05) is 33.2 Å². The van der Waals surface area contributed by atoms with Crippen molar-refractivity contribution in [3.63, 3.8) is 0 Å². The molecule has 0 aliphatic carbocycles. The molecule has 1 aliphatic heterocycles. The van der Waals surface area contributed by atoms with Crippen molar-refractivity contribution < 1.29 is 31.5 Å². The minimum absolute atomic E-state index is 0.0572. The van der Waals surface area contributed by atoms with E-state index in [1.807, 2.05) is 12.1 Å². The number of carbonyl (C=O) groups excluding carboxylic acids is 2. The maximum Gasteiger partial charge on any atom is 0.235 e. The lowest BCUT2D eigenvalue weighted by atomic mass is 9.88. The maximum absolute atomic E-state index is 15.6. The third-order valence-corrected chi connectivity index (χ3v) is 8.25. The monoisotopic (exact) mass is 739 g/mol. The SMILES string of the molecule is C=N/C=C(\C=C/F)c1cc(Cl)ccc1/C(=C/C(C)CCCN(C)NC=O)Cc1ccc(CCCN2CCCCC2)c(F)c1F.CC(F)F.NC=O. The number of hydrazine groups is 1. The third kappa shape index (κ3) is 17.8. The highest BCUT2D eigenvalue weighted by molar-refractivity contribution is 6.30. The van der Waals surface area contributed by atoms with Gasteiger partial charge in [0.25, 0.3) is 0 Å². The van der Waals surface area contributed by atoms with Gasteiger partial charge in [-0.3, -0.25) is 20.0 Å². The first-order valence-electron chi connectivity index (χ1n) is 16.9. The molecule has 0 aromatic heterocycles. The van der Waals surface area contributed by atoms with Gasteiger partial charge in [-0.05, 0) is 124 Å². The summed E-state index contributed by atoms with van der Waals surface area (Å²) in [6, 6.07) is 8.60. The van der Waals surface area contributed by atoms with Crippen LogP contribution in [0.3, 0.4) is 0 Å². The van der Waals surface area contributed by atoms with E-state index in [2.05, 4.69) is 34.7 Å². The zero-order valence-corrected chi connectivity index (χ0v) is 30.5. The van der Waals surface area contributed by atoms with Crippen LogP contribution >= 0.6 is 11.6 Å². The van der Waals surface area contributed by atoms with Crippen LogP contribution in [0.4, 0.5) is 22.0 Å². The number of primary amides is 1. The fourth-order valence-corrected chi connectivity index (χ4v) is 5.89. The van der Waals surface area contributed by atoms with Crippen LogP contribution in [0.2, 0.25) is 5.02 Å². The van der Waals surface area contributed by atoms with Gasteiger partial charge in [0, 0.05) is 36.8 Å². The molecule has 0 radical (unpaired) electrons. The highest BCUT2D eigenvalue weighted by atomic mass is 35.5. The number of alkyl halides is 2. The minimum Gasteiger partial charge on any atom is -0.372 e. The topological polar surface area (TPSA) is 91.0 Å². The molecule has 1 heterocycles.